The third kappa shape index (κ3) is 7.56. The zero-order chi connectivity index (χ0) is 20.4. The van der Waals surface area contributed by atoms with Crippen molar-refractivity contribution in [1.29, 1.82) is 0 Å². The van der Waals surface area contributed by atoms with E-state index in [9.17, 15) is 4.79 Å². The molecule has 1 saturated heterocycles. The Hall–Kier alpha value is -1.71. The number of benzene rings is 1. The summed E-state index contributed by atoms with van der Waals surface area (Å²) in [6, 6.07) is 5.93. The van der Waals surface area contributed by atoms with Crippen LogP contribution in [-0.2, 0) is 16.0 Å². The summed E-state index contributed by atoms with van der Waals surface area (Å²) in [5, 5.41) is 3.35. The Kier molecular flexibility index (Phi) is 11.8. The first-order valence-corrected chi connectivity index (χ1v) is 10.0. The second-order valence-corrected chi connectivity index (χ2v) is 6.71. The number of ether oxygens (including phenoxy) is 3. The number of carbonyl (C=O) groups excluding carboxylic acids is 1. The van der Waals surface area contributed by atoms with Gasteiger partial charge in [-0.3, -0.25) is 9.79 Å². The predicted octanol–water partition coefficient (Wildman–Crippen LogP) is 3.10. The van der Waals surface area contributed by atoms with E-state index in [1.165, 1.54) is 0 Å². The van der Waals surface area contributed by atoms with E-state index < -0.39 is 0 Å². The number of nitrogens with one attached hydrogen (secondary N) is 1. The van der Waals surface area contributed by atoms with Gasteiger partial charge in [0.25, 0.3) is 0 Å². The van der Waals surface area contributed by atoms with Crippen LogP contribution >= 0.6 is 24.0 Å². The van der Waals surface area contributed by atoms with E-state index in [0.717, 1.165) is 55.4 Å². The minimum Gasteiger partial charge on any atom is -0.493 e. The van der Waals surface area contributed by atoms with Crippen LogP contribution in [0.25, 0.3) is 0 Å². The van der Waals surface area contributed by atoms with Gasteiger partial charge in [-0.2, -0.15) is 0 Å². The fourth-order valence-electron chi connectivity index (χ4n) is 3.37. The number of nitrogens with zero attached hydrogens (tertiary/aromatic N) is 2. The number of methoxy groups -OCH3 is 2. The van der Waals surface area contributed by atoms with Crippen molar-refractivity contribution in [3.05, 3.63) is 23.8 Å². The fourth-order valence-corrected chi connectivity index (χ4v) is 3.37. The van der Waals surface area contributed by atoms with Gasteiger partial charge in [0.1, 0.15) is 0 Å². The lowest BCUT2D eigenvalue weighted by molar-refractivity contribution is -0.149. The first-order valence-electron chi connectivity index (χ1n) is 10.0. The van der Waals surface area contributed by atoms with E-state index >= 15 is 0 Å². The molecule has 164 valence electrons. The number of aliphatic imine (C=N–C) groups is 1. The van der Waals surface area contributed by atoms with E-state index in [1.807, 2.05) is 25.1 Å². The summed E-state index contributed by atoms with van der Waals surface area (Å²) < 4.78 is 15.9. The van der Waals surface area contributed by atoms with Crippen molar-refractivity contribution in [2.24, 2.45) is 10.9 Å². The molecule has 0 aromatic heterocycles. The van der Waals surface area contributed by atoms with Crippen LogP contribution in [-0.4, -0.2) is 63.8 Å². The van der Waals surface area contributed by atoms with E-state index in [-0.39, 0.29) is 35.9 Å². The van der Waals surface area contributed by atoms with E-state index in [0.29, 0.717) is 19.7 Å². The maximum absolute atomic E-state index is 12.1. The topological polar surface area (TPSA) is 72.4 Å². The third-order valence-electron chi connectivity index (χ3n) is 4.79. The van der Waals surface area contributed by atoms with Crippen molar-refractivity contribution >= 4 is 35.9 Å². The van der Waals surface area contributed by atoms with Gasteiger partial charge >= 0.3 is 5.97 Å². The highest BCUT2D eigenvalue weighted by Crippen LogP contribution is 2.27. The number of guanidine groups is 1. The Morgan fingerprint density at radius 3 is 2.66 bits per heavy atom. The number of piperidine rings is 1. The predicted molar refractivity (Wildman–Crippen MR) is 126 cm³/mol. The molecule has 7 nitrogen and oxygen atoms in total. The number of esters is 1. The zero-order valence-corrected chi connectivity index (χ0v) is 20.2. The number of halogens is 1. The van der Waals surface area contributed by atoms with Gasteiger partial charge in [0, 0.05) is 26.2 Å². The summed E-state index contributed by atoms with van der Waals surface area (Å²) >= 11 is 0. The van der Waals surface area contributed by atoms with Gasteiger partial charge in [0.15, 0.2) is 17.5 Å². The van der Waals surface area contributed by atoms with Crippen molar-refractivity contribution in [3.63, 3.8) is 0 Å². The van der Waals surface area contributed by atoms with Gasteiger partial charge in [-0.1, -0.05) is 6.07 Å². The highest BCUT2D eigenvalue weighted by Gasteiger charge is 2.28. The molecule has 1 aromatic carbocycles. The minimum absolute atomic E-state index is 0. The Morgan fingerprint density at radius 1 is 1.24 bits per heavy atom. The smallest absolute Gasteiger partial charge is 0.310 e. The van der Waals surface area contributed by atoms with Gasteiger partial charge < -0.3 is 24.4 Å². The lowest BCUT2D eigenvalue weighted by atomic mass is 9.98. The molecular weight excluding hydrogens is 485 g/mol. The van der Waals surface area contributed by atoms with Crippen molar-refractivity contribution in [2.75, 3.05) is 47.0 Å². The molecule has 1 aromatic rings. The molecular formula is C21H34IN3O4. The zero-order valence-electron chi connectivity index (χ0n) is 17.9. The summed E-state index contributed by atoms with van der Waals surface area (Å²) in [4.78, 5) is 19.1. The molecule has 0 saturated carbocycles. The maximum atomic E-state index is 12.1. The summed E-state index contributed by atoms with van der Waals surface area (Å²) in [5.74, 6) is 2.12. The van der Waals surface area contributed by atoms with Crippen LogP contribution in [0.5, 0.6) is 11.5 Å². The van der Waals surface area contributed by atoms with Crippen LogP contribution < -0.4 is 14.8 Å². The average molecular weight is 519 g/mol. The summed E-state index contributed by atoms with van der Waals surface area (Å²) in [7, 11) is 3.27. The van der Waals surface area contributed by atoms with Crippen LogP contribution in [0, 0.1) is 5.92 Å². The van der Waals surface area contributed by atoms with E-state index in [2.05, 4.69) is 17.1 Å². The minimum atomic E-state index is -0.103. The third-order valence-corrected chi connectivity index (χ3v) is 4.79. The molecule has 1 fully saturated rings. The van der Waals surface area contributed by atoms with Crippen LogP contribution in [0.4, 0.5) is 0 Å². The Labute approximate surface area is 191 Å². The largest absolute Gasteiger partial charge is 0.493 e. The molecule has 0 bridgehead atoms. The first-order chi connectivity index (χ1) is 13.6. The summed E-state index contributed by atoms with van der Waals surface area (Å²) in [5.41, 5.74) is 1.14. The highest BCUT2D eigenvalue weighted by molar-refractivity contribution is 14.0. The van der Waals surface area contributed by atoms with Crippen molar-refractivity contribution in [1.82, 2.24) is 10.2 Å². The fraction of sp³-hybridized carbons (Fsp3) is 0.619. The lowest BCUT2D eigenvalue weighted by Gasteiger charge is -2.34. The molecule has 29 heavy (non-hydrogen) atoms. The van der Waals surface area contributed by atoms with Crippen molar-refractivity contribution in [2.45, 2.75) is 33.1 Å². The van der Waals surface area contributed by atoms with Gasteiger partial charge in [0.05, 0.1) is 26.7 Å². The van der Waals surface area contributed by atoms with Gasteiger partial charge in [0.2, 0.25) is 0 Å². The van der Waals surface area contributed by atoms with Gasteiger partial charge in [-0.05, 0) is 50.8 Å². The maximum Gasteiger partial charge on any atom is 0.310 e. The average Bonchev–Trinajstić information content (AvgIpc) is 2.73. The Morgan fingerprint density at radius 2 is 2.00 bits per heavy atom. The number of hydrogen-bond donors (Lipinski definition) is 1. The quantitative estimate of drug-likeness (QED) is 0.246. The van der Waals surface area contributed by atoms with Gasteiger partial charge in [-0.25, -0.2) is 0 Å². The standard InChI is InChI=1S/C21H33N3O4.HI/c1-5-22-21(24-13-7-8-17(15-24)20(25)28-6-2)23-12-11-16-9-10-18(26-3)19(14-16)27-4;/h9-10,14,17H,5-8,11-13,15H2,1-4H3,(H,22,23);1H. The molecule has 0 amide bonds. The monoisotopic (exact) mass is 519 g/mol. The second-order valence-electron chi connectivity index (χ2n) is 6.71. The lowest BCUT2D eigenvalue weighted by Crippen LogP contribution is -2.48. The molecule has 1 aliphatic heterocycles. The van der Waals surface area contributed by atoms with Crippen LogP contribution in [0.1, 0.15) is 32.3 Å². The van der Waals surface area contributed by atoms with Crippen LogP contribution in [0.2, 0.25) is 0 Å². The number of rotatable bonds is 8. The number of likely N-dealkylation sites (tertiary alicyclic amines) is 1. The Bertz CT molecular complexity index is 669. The number of hydrogen-bond acceptors (Lipinski definition) is 5. The molecule has 1 atom stereocenters. The summed E-state index contributed by atoms with van der Waals surface area (Å²) in [6.45, 7) is 7.32. The molecule has 1 unspecified atom stereocenters. The molecule has 0 spiro atoms. The van der Waals surface area contributed by atoms with Crippen molar-refractivity contribution in [3.8, 4) is 11.5 Å². The summed E-state index contributed by atoms with van der Waals surface area (Å²) in [6.07, 6.45) is 2.63. The molecule has 2 rings (SSSR count). The number of carbonyl (C=O) groups is 1. The van der Waals surface area contributed by atoms with E-state index in [4.69, 9.17) is 19.2 Å². The molecule has 0 aliphatic carbocycles. The molecule has 1 heterocycles. The van der Waals surface area contributed by atoms with Gasteiger partial charge in [-0.15, -0.1) is 24.0 Å². The van der Waals surface area contributed by atoms with E-state index in [1.54, 1.807) is 14.2 Å². The molecule has 1 aliphatic rings. The van der Waals surface area contributed by atoms with Crippen LogP contribution in [0.15, 0.2) is 23.2 Å². The molecule has 1 N–H and O–H groups in total. The normalized spacial score (nSPS) is 16.6. The first kappa shape index (κ1) is 25.3. The second kappa shape index (κ2) is 13.5. The SMILES string of the molecule is CCNC(=NCCc1ccc(OC)c(OC)c1)N1CCCC(C(=O)OCC)C1.I. The molecule has 8 heteroatoms. The van der Waals surface area contributed by atoms with Crippen molar-refractivity contribution < 1.29 is 19.0 Å². The Balaban J connectivity index is 0.00000420. The van der Waals surface area contributed by atoms with Crippen LogP contribution in [0.3, 0.4) is 0 Å². The molecule has 0 radical (unpaired) electrons. The highest BCUT2D eigenvalue weighted by atomic mass is 127.